The lowest BCUT2D eigenvalue weighted by Crippen LogP contribution is -2.33. The topological polar surface area (TPSA) is 98.6 Å². The van der Waals surface area contributed by atoms with E-state index < -0.39 is 5.97 Å². The average Bonchev–Trinajstić information content (AvgIpc) is 1.90. The molecule has 60 valence electrons. The van der Waals surface area contributed by atoms with Gasteiger partial charge < -0.3 is 21.3 Å². The van der Waals surface area contributed by atoms with Crippen molar-refractivity contribution in [1.29, 1.82) is 0 Å². The lowest BCUT2D eigenvalue weighted by Gasteiger charge is -2.10. The Balaban J connectivity index is 3.34. The molecule has 0 radical (unpaired) electrons. The van der Waals surface area contributed by atoms with Gasteiger partial charge in [0.05, 0.1) is 6.10 Å². The second kappa shape index (κ2) is 5.16. The summed E-state index contributed by atoms with van der Waals surface area (Å²) in [5.74, 6) is -1.01. The Bertz CT molecular complexity index is 103. The highest BCUT2D eigenvalue weighted by Crippen LogP contribution is 1.84. The van der Waals surface area contributed by atoms with E-state index in [-0.39, 0.29) is 25.8 Å². The highest BCUT2D eigenvalue weighted by molar-refractivity contribution is 5.68. The molecule has 0 aliphatic carbocycles. The lowest BCUT2D eigenvalue weighted by atomic mass is 10.4. The fraction of sp³-hybridized carbons (Fsp3) is 0.800. The van der Waals surface area contributed by atoms with Crippen LogP contribution < -0.4 is 11.5 Å². The predicted molar refractivity (Wildman–Crippen MR) is 35.5 cm³/mol. The molecule has 0 heterocycles. The number of ether oxygens (including phenoxy) is 1. The van der Waals surface area contributed by atoms with Crippen LogP contribution in [0.3, 0.4) is 0 Å². The molecule has 0 aliphatic heterocycles. The smallest absolute Gasteiger partial charge is 0.329 e. The molecule has 5 heteroatoms. The minimum atomic E-state index is -1.01. The highest BCUT2D eigenvalue weighted by Gasteiger charge is 2.05. The number of hydrogen-bond acceptors (Lipinski definition) is 4. The van der Waals surface area contributed by atoms with Gasteiger partial charge in [-0.05, 0) is 0 Å². The quantitative estimate of drug-likeness (QED) is 0.435. The summed E-state index contributed by atoms with van der Waals surface area (Å²) in [7, 11) is 0. The molecule has 5 N–H and O–H groups in total. The summed E-state index contributed by atoms with van der Waals surface area (Å²) in [4.78, 5) is 9.93. The Morgan fingerprint density at radius 1 is 1.50 bits per heavy atom. The summed E-state index contributed by atoms with van der Waals surface area (Å²) < 4.78 is 4.75. The minimum Gasteiger partial charge on any atom is -0.480 e. The van der Waals surface area contributed by atoms with E-state index in [9.17, 15) is 4.79 Å². The van der Waals surface area contributed by atoms with Crippen molar-refractivity contribution in [1.82, 2.24) is 0 Å². The van der Waals surface area contributed by atoms with Crippen LogP contribution in [0.5, 0.6) is 0 Å². The first-order valence-corrected chi connectivity index (χ1v) is 2.94. The van der Waals surface area contributed by atoms with Crippen molar-refractivity contribution < 1.29 is 14.6 Å². The largest absolute Gasteiger partial charge is 0.480 e. The molecule has 5 nitrogen and oxygen atoms in total. The normalized spacial score (nSPS) is 10.3. The van der Waals surface area contributed by atoms with Gasteiger partial charge in [0.25, 0.3) is 0 Å². The third kappa shape index (κ3) is 4.25. The fourth-order valence-corrected chi connectivity index (χ4v) is 0.421. The molecule has 0 spiro atoms. The fourth-order valence-electron chi connectivity index (χ4n) is 0.421. The number of nitrogens with two attached hydrogens (primary N) is 2. The van der Waals surface area contributed by atoms with Crippen LogP contribution in [-0.2, 0) is 9.53 Å². The first kappa shape index (κ1) is 9.35. The second-order valence-corrected chi connectivity index (χ2v) is 1.80. The maximum atomic E-state index is 9.93. The molecular weight excluding hydrogens is 136 g/mol. The molecule has 0 aliphatic rings. The van der Waals surface area contributed by atoms with E-state index in [1.807, 2.05) is 0 Å². The first-order valence-electron chi connectivity index (χ1n) is 2.94. The Morgan fingerprint density at radius 3 is 2.30 bits per heavy atom. The van der Waals surface area contributed by atoms with Crippen LogP contribution in [0.4, 0.5) is 0 Å². The van der Waals surface area contributed by atoms with Gasteiger partial charge >= 0.3 is 5.97 Å². The second-order valence-electron chi connectivity index (χ2n) is 1.80. The summed E-state index contributed by atoms with van der Waals surface area (Å²) in [6, 6.07) is 0. The Morgan fingerprint density at radius 2 is 2.00 bits per heavy atom. The highest BCUT2D eigenvalue weighted by atomic mass is 16.5. The van der Waals surface area contributed by atoms with E-state index in [4.69, 9.17) is 21.3 Å². The van der Waals surface area contributed by atoms with Gasteiger partial charge in [-0.25, -0.2) is 4.79 Å². The van der Waals surface area contributed by atoms with Crippen LogP contribution in [0.25, 0.3) is 0 Å². The monoisotopic (exact) mass is 148 g/mol. The first-order chi connectivity index (χ1) is 4.70. The zero-order valence-corrected chi connectivity index (χ0v) is 5.62. The number of carbonyl (C=O) groups is 1. The van der Waals surface area contributed by atoms with Crippen molar-refractivity contribution in [3.8, 4) is 0 Å². The van der Waals surface area contributed by atoms with E-state index in [1.165, 1.54) is 0 Å². The van der Waals surface area contributed by atoms with Crippen LogP contribution in [-0.4, -0.2) is 36.9 Å². The molecule has 0 bridgehead atoms. The van der Waals surface area contributed by atoms with Crippen molar-refractivity contribution in [2.45, 2.75) is 6.10 Å². The maximum absolute atomic E-state index is 9.93. The molecule has 0 aromatic carbocycles. The number of rotatable bonds is 5. The zero-order valence-electron chi connectivity index (χ0n) is 5.62. The molecule has 0 rings (SSSR count). The molecule has 0 aromatic heterocycles. The molecule has 0 saturated carbocycles. The molecule has 0 amide bonds. The van der Waals surface area contributed by atoms with E-state index >= 15 is 0 Å². The maximum Gasteiger partial charge on any atom is 0.329 e. The number of carboxylic acid groups (broad SMARTS) is 1. The van der Waals surface area contributed by atoms with Crippen LogP contribution in [0, 0.1) is 0 Å². The lowest BCUT2D eigenvalue weighted by molar-refractivity contribution is -0.143. The SMILES string of the molecule is NCC(CN)OCC(=O)O. The van der Waals surface area contributed by atoms with Gasteiger partial charge in [-0.3, -0.25) is 0 Å². The summed E-state index contributed by atoms with van der Waals surface area (Å²) in [6.45, 7) is 0.173. The molecule has 0 atom stereocenters. The van der Waals surface area contributed by atoms with Crippen molar-refractivity contribution in [3.63, 3.8) is 0 Å². The summed E-state index contributed by atoms with van der Waals surface area (Å²) in [5, 5.41) is 8.15. The Hall–Kier alpha value is -0.650. The van der Waals surface area contributed by atoms with Crippen LogP contribution in [0.2, 0.25) is 0 Å². The number of carboxylic acids is 1. The molecule has 0 aromatic rings. The minimum absolute atomic E-state index is 0.254. The van der Waals surface area contributed by atoms with Crippen LogP contribution in [0.15, 0.2) is 0 Å². The number of hydrogen-bond donors (Lipinski definition) is 3. The molecule has 0 unspecified atom stereocenters. The summed E-state index contributed by atoms with van der Waals surface area (Å²) in [6.07, 6.45) is -0.337. The van der Waals surface area contributed by atoms with Crippen LogP contribution in [0.1, 0.15) is 0 Å². The summed E-state index contributed by atoms with van der Waals surface area (Å²) >= 11 is 0. The van der Waals surface area contributed by atoms with Gasteiger partial charge in [0, 0.05) is 13.1 Å². The van der Waals surface area contributed by atoms with Crippen molar-refractivity contribution in [2.75, 3.05) is 19.7 Å². The Kier molecular flexibility index (Phi) is 4.82. The third-order valence-electron chi connectivity index (χ3n) is 0.968. The number of aliphatic carboxylic acids is 1. The van der Waals surface area contributed by atoms with Gasteiger partial charge in [-0.1, -0.05) is 0 Å². The van der Waals surface area contributed by atoms with Gasteiger partial charge in [-0.2, -0.15) is 0 Å². The van der Waals surface area contributed by atoms with Gasteiger partial charge in [-0.15, -0.1) is 0 Å². The standard InChI is InChI=1S/C5H12N2O3/c6-1-4(2-7)10-3-5(8)9/h4H,1-3,6-7H2,(H,8,9). The van der Waals surface area contributed by atoms with Gasteiger partial charge in [0.15, 0.2) is 0 Å². The molecular formula is C5H12N2O3. The van der Waals surface area contributed by atoms with Crippen molar-refractivity contribution >= 4 is 5.97 Å². The molecule has 0 fully saturated rings. The van der Waals surface area contributed by atoms with E-state index in [0.717, 1.165) is 0 Å². The van der Waals surface area contributed by atoms with Crippen molar-refractivity contribution in [2.24, 2.45) is 11.5 Å². The van der Waals surface area contributed by atoms with Gasteiger partial charge in [0.1, 0.15) is 6.61 Å². The third-order valence-corrected chi connectivity index (χ3v) is 0.968. The predicted octanol–water partition coefficient (Wildman–Crippen LogP) is -1.63. The van der Waals surface area contributed by atoms with Crippen LogP contribution >= 0.6 is 0 Å². The van der Waals surface area contributed by atoms with E-state index in [1.54, 1.807) is 0 Å². The summed E-state index contributed by atoms with van der Waals surface area (Å²) in [5.41, 5.74) is 10.3. The van der Waals surface area contributed by atoms with Gasteiger partial charge in [0.2, 0.25) is 0 Å². The van der Waals surface area contributed by atoms with E-state index in [2.05, 4.69) is 0 Å². The zero-order chi connectivity index (χ0) is 7.98. The molecule has 0 saturated heterocycles. The average molecular weight is 148 g/mol. The van der Waals surface area contributed by atoms with Crippen molar-refractivity contribution in [3.05, 3.63) is 0 Å². The molecule has 10 heavy (non-hydrogen) atoms. The Labute approximate surface area is 58.9 Å². The van der Waals surface area contributed by atoms with E-state index in [0.29, 0.717) is 0 Å².